The Morgan fingerprint density at radius 3 is 2.72 bits per heavy atom. The monoisotopic (exact) mass is 252 g/mol. The number of aryl methyl sites for hydroxylation is 1. The fourth-order valence-corrected chi connectivity index (χ4v) is 2.15. The highest BCUT2D eigenvalue weighted by molar-refractivity contribution is 5.98. The van der Waals surface area contributed by atoms with Crippen LogP contribution in [0.3, 0.4) is 0 Å². The number of aromatic nitrogens is 2. The first kappa shape index (κ1) is 12.9. The van der Waals surface area contributed by atoms with Crippen molar-refractivity contribution < 1.29 is 9.90 Å². The highest BCUT2D eigenvalue weighted by Gasteiger charge is 2.46. The third-order valence-corrected chi connectivity index (χ3v) is 3.66. The number of β-amino-alcohol motifs (C(OH)–C–C–N with tert-alkyl or cyclic N) is 1. The Balaban J connectivity index is 2.13. The van der Waals surface area contributed by atoms with E-state index in [0.29, 0.717) is 31.0 Å². The van der Waals surface area contributed by atoms with E-state index in [-0.39, 0.29) is 11.8 Å². The van der Waals surface area contributed by atoms with Crippen molar-refractivity contribution in [3.05, 3.63) is 11.9 Å². The second-order valence-corrected chi connectivity index (χ2v) is 5.18. The second-order valence-electron chi connectivity index (χ2n) is 5.18. The topological polar surface area (TPSA) is 84.4 Å². The van der Waals surface area contributed by atoms with Crippen molar-refractivity contribution >= 4 is 11.6 Å². The lowest BCUT2D eigenvalue weighted by Crippen LogP contribution is -2.66. The van der Waals surface area contributed by atoms with Gasteiger partial charge in [0, 0.05) is 6.54 Å². The number of hydrogen-bond acceptors (Lipinski definition) is 4. The van der Waals surface area contributed by atoms with Gasteiger partial charge in [-0.05, 0) is 12.8 Å². The summed E-state index contributed by atoms with van der Waals surface area (Å²) in [6.45, 7) is 7.12. The van der Waals surface area contributed by atoms with Crippen molar-refractivity contribution in [1.29, 1.82) is 0 Å². The van der Waals surface area contributed by atoms with Gasteiger partial charge in [0.15, 0.2) is 0 Å². The summed E-state index contributed by atoms with van der Waals surface area (Å²) in [6, 6.07) is 0. The van der Waals surface area contributed by atoms with Crippen LogP contribution >= 0.6 is 0 Å². The molecule has 1 amide bonds. The van der Waals surface area contributed by atoms with Gasteiger partial charge in [-0.3, -0.25) is 9.48 Å². The molecule has 0 aromatic carbocycles. The van der Waals surface area contributed by atoms with E-state index >= 15 is 0 Å². The first-order chi connectivity index (χ1) is 8.39. The molecule has 0 unspecified atom stereocenters. The van der Waals surface area contributed by atoms with Crippen LogP contribution in [-0.4, -0.2) is 44.4 Å². The van der Waals surface area contributed by atoms with E-state index in [1.807, 2.05) is 20.8 Å². The fourth-order valence-electron chi connectivity index (χ4n) is 2.15. The molecule has 0 atom stereocenters. The van der Waals surface area contributed by atoms with Gasteiger partial charge in [-0.15, -0.1) is 0 Å². The lowest BCUT2D eigenvalue weighted by atomic mass is 9.83. The predicted octanol–water partition coefficient (Wildman–Crippen LogP) is 0.328. The summed E-state index contributed by atoms with van der Waals surface area (Å²) in [5.41, 5.74) is 5.82. The van der Waals surface area contributed by atoms with Crippen molar-refractivity contribution in [2.24, 2.45) is 5.92 Å². The average Bonchev–Trinajstić information content (AvgIpc) is 2.65. The van der Waals surface area contributed by atoms with Crippen LogP contribution in [-0.2, 0) is 6.54 Å². The zero-order chi connectivity index (χ0) is 13.5. The highest BCUT2D eigenvalue weighted by Crippen LogP contribution is 2.30. The molecule has 0 spiro atoms. The smallest absolute Gasteiger partial charge is 0.274 e. The number of anilines is 1. The van der Waals surface area contributed by atoms with Crippen LogP contribution in [0.2, 0.25) is 0 Å². The Hall–Kier alpha value is -1.56. The third kappa shape index (κ3) is 1.86. The predicted molar refractivity (Wildman–Crippen MR) is 68.0 cm³/mol. The minimum absolute atomic E-state index is 0.134. The fraction of sp³-hybridized carbons (Fsp3) is 0.667. The van der Waals surface area contributed by atoms with Crippen molar-refractivity contribution in [2.45, 2.75) is 32.9 Å². The molecule has 1 saturated heterocycles. The molecule has 100 valence electrons. The molecule has 0 saturated carbocycles. The Morgan fingerprint density at radius 2 is 2.22 bits per heavy atom. The van der Waals surface area contributed by atoms with Gasteiger partial charge < -0.3 is 15.7 Å². The molecule has 0 aliphatic carbocycles. The van der Waals surface area contributed by atoms with Gasteiger partial charge in [0.05, 0.1) is 25.0 Å². The van der Waals surface area contributed by atoms with Gasteiger partial charge in [-0.2, -0.15) is 5.10 Å². The molecule has 0 bridgehead atoms. The number of nitrogen functional groups attached to an aromatic ring is 1. The van der Waals surface area contributed by atoms with E-state index in [1.165, 1.54) is 6.20 Å². The van der Waals surface area contributed by atoms with Crippen LogP contribution in [0, 0.1) is 5.92 Å². The van der Waals surface area contributed by atoms with Crippen LogP contribution in [0.25, 0.3) is 0 Å². The average molecular weight is 252 g/mol. The summed E-state index contributed by atoms with van der Waals surface area (Å²) in [6.07, 6.45) is 1.49. The third-order valence-electron chi connectivity index (χ3n) is 3.66. The van der Waals surface area contributed by atoms with Crippen LogP contribution < -0.4 is 5.73 Å². The number of rotatable bonds is 3. The van der Waals surface area contributed by atoms with Gasteiger partial charge in [0.1, 0.15) is 11.3 Å². The van der Waals surface area contributed by atoms with E-state index in [0.717, 1.165) is 0 Å². The number of nitrogens with zero attached hydrogens (tertiary/aromatic N) is 3. The SMILES string of the molecule is CCn1ncc(N)c1C(=O)N1CC(O)(C(C)C)C1. The molecule has 0 radical (unpaired) electrons. The number of amides is 1. The van der Waals surface area contributed by atoms with Gasteiger partial charge in [-0.25, -0.2) is 0 Å². The molecule has 6 heteroatoms. The summed E-state index contributed by atoms with van der Waals surface area (Å²) < 4.78 is 1.59. The van der Waals surface area contributed by atoms with Crippen LogP contribution in [0.5, 0.6) is 0 Å². The van der Waals surface area contributed by atoms with Crippen LogP contribution in [0.15, 0.2) is 6.20 Å². The highest BCUT2D eigenvalue weighted by atomic mass is 16.3. The lowest BCUT2D eigenvalue weighted by Gasteiger charge is -2.48. The molecular formula is C12H20N4O2. The largest absolute Gasteiger partial charge is 0.396 e. The maximum Gasteiger partial charge on any atom is 0.274 e. The van der Waals surface area contributed by atoms with E-state index in [1.54, 1.807) is 9.58 Å². The van der Waals surface area contributed by atoms with Crippen LogP contribution in [0.1, 0.15) is 31.3 Å². The van der Waals surface area contributed by atoms with Gasteiger partial charge in [-0.1, -0.05) is 13.8 Å². The van der Waals surface area contributed by atoms with Crippen molar-refractivity contribution in [3.8, 4) is 0 Å². The molecule has 1 aromatic rings. The zero-order valence-electron chi connectivity index (χ0n) is 11.1. The van der Waals surface area contributed by atoms with E-state index in [2.05, 4.69) is 5.10 Å². The summed E-state index contributed by atoms with van der Waals surface area (Å²) in [7, 11) is 0. The number of aliphatic hydroxyl groups is 1. The zero-order valence-corrected chi connectivity index (χ0v) is 11.1. The number of nitrogens with two attached hydrogens (primary N) is 1. The first-order valence-electron chi connectivity index (χ1n) is 6.22. The maximum absolute atomic E-state index is 12.3. The van der Waals surface area contributed by atoms with Crippen molar-refractivity contribution in [1.82, 2.24) is 14.7 Å². The molecule has 1 fully saturated rings. The first-order valence-corrected chi connectivity index (χ1v) is 6.22. The number of carbonyl (C=O) groups excluding carboxylic acids is 1. The number of likely N-dealkylation sites (tertiary alicyclic amines) is 1. The molecule has 18 heavy (non-hydrogen) atoms. The van der Waals surface area contributed by atoms with E-state index < -0.39 is 5.60 Å². The molecular weight excluding hydrogens is 232 g/mol. The van der Waals surface area contributed by atoms with Gasteiger partial charge in [0.2, 0.25) is 0 Å². The maximum atomic E-state index is 12.3. The lowest BCUT2D eigenvalue weighted by molar-refractivity contribution is -0.111. The molecule has 2 rings (SSSR count). The van der Waals surface area contributed by atoms with Gasteiger partial charge >= 0.3 is 0 Å². The minimum atomic E-state index is -0.762. The summed E-state index contributed by atoms with van der Waals surface area (Å²) >= 11 is 0. The van der Waals surface area contributed by atoms with Crippen LogP contribution in [0.4, 0.5) is 5.69 Å². The number of hydrogen-bond donors (Lipinski definition) is 2. The van der Waals surface area contributed by atoms with E-state index in [9.17, 15) is 9.90 Å². The Morgan fingerprint density at radius 1 is 1.61 bits per heavy atom. The number of carbonyl (C=O) groups is 1. The van der Waals surface area contributed by atoms with E-state index in [4.69, 9.17) is 5.73 Å². The van der Waals surface area contributed by atoms with Gasteiger partial charge in [0.25, 0.3) is 5.91 Å². The minimum Gasteiger partial charge on any atom is -0.396 e. The Labute approximate surface area is 106 Å². The molecule has 1 aromatic heterocycles. The molecule has 3 N–H and O–H groups in total. The quantitative estimate of drug-likeness (QED) is 0.812. The summed E-state index contributed by atoms with van der Waals surface area (Å²) in [5.74, 6) is -0.0212. The standard InChI is InChI=1S/C12H20N4O2/c1-4-16-10(9(13)5-14-16)11(17)15-6-12(18,7-15)8(2)3/h5,8,18H,4,6-7,13H2,1-3H3. The summed E-state index contributed by atoms with van der Waals surface area (Å²) in [4.78, 5) is 13.9. The normalized spacial score (nSPS) is 17.9. The van der Waals surface area contributed by atoms with Crippen molar-refractivity contribution in [3.63, 3.8) is 0 Å². The molecule has 6 nitrogen and oxygen atoms in total. The molecule has 1 aliphatic heterocycles. The Kier molecular flexibility index (Phi) is 3.06. The van der Waals surface area contributed by atoms with Crippen molar-refractivity contribution in [2.75, 3.05) is 18.8 Å². The molecule has 1 aliphatic rings. The molecule has 2 heterocycles. The Bertz CT molecular complexity index is 461. The summed E-state index contributed by atoms with van der Waals surface area (Å²) in [5, 5.41) is 14.2. The second kappa shape index (κ2) is 4.28.